The largest absolute Gasteiger partial charge is 1.00 e. The van der Waals surface area contributed by atoms with Crippen LogP contribution in [0.15, 0.2) is 0 Å². The zero-order valence-corrected chi connectivity index (χ0v) is 9.49. The fraction of sp³-hybridized carbons (Fsp3) is 0.500. The van der Waals surface area contributed by atoms with E-state index in [0.717, 1.165) is 0 Å². The molecule has 0 atom stereocenters. The minimum absolute atomic E-state index is 0. The Hall–Kier alpha value is 1.81. The zero-order valence-electron chi connectivity index (χ0n) is 4.58. The molecule has 0 fully saturated rings. The van der Waals surface area contributed by atoms with E-state index in [1.807, 2.05) is 20.3 Å². The van der Waals surface area contributed by atoms with Gasteiger partial charge < -0.3 is 13.8 Å². The monoisotopic (exact) mass is 143 g/mol. The van der Waals surface area contributed by atoms with Crippen molar-refractivity contribution in [1.82, 2.24) is 0 Å². The van der Waals surface area contributed by atoms with Crippen molar-refractivity contribution in [3.63, 3.8) is 0 Å². The summed E-state index contributed by atoms with van der Waals surface area (Å²) >= 11 is 0. The minimum Gasteiger partial charge on any atom is -0.358 e. The van der Waals surface area contributed by atoms with E-state index in [9.17, 15) is 0 Å². The summed E-state index contributed by atoms with van der Waals surface area (Å²) in [6.07, 6.45) is 2.00. The van der Waals surface area contributed by atoms with E-state index in [4.69, 9.17) is 0 Å². The third kappa shape index (κ3) is 25.8. The Bertz CT molecular complexity index is 3.61. The van der Waals surface area contributed by atoms with Crippen molar-refractivity contribution >= 4 is 0 Å². The van der Waals surface area contributed by atoms with E-state index >= 15 is 0 Å². The third-order valence-corrected chi connectivity index (χ3v) is 0. The van der Waals surface area contributed by atoms with Crippen LogP contribution in [-0.4, -0.2) is 0 Å². The normalized spacial score (nSPS) is 3.60. The van der Waals surface area contributed by atoms with Gasteiger partial charge in [0.25, 0.3) is 0 Å². The molecule has 0 aliphatic rings. The van der Waals surface area contributed by atoms with Crippen LogP contribution in [0.3, 0.4) is 0 Å². The average molecular weight is 144 g/mol. The quantitative estimate of drug-likeness (QED) is 0.370. The Labute approximate surface area is 84.1 Å². The summed E-state index contributed by atoms with van der Waals surface area (Å²) in [6.45, 7) is 4.00. The van der Waals surface area contributed by atoms with Crippen LogP contribution >= 0.6 is 0 Å². The molecular weight excluding hydrogens is 134 g/mol. The molecule has 5 heavy (non-hydrogen) atoms. The predicted octanol–water partition coefficient (Wildman–Crippen LogP) is -1.32. The van der Waals surface area contributed by atoms with Crippen molar-refractivity contribution < 1.29 is 58.2 Å². The Balaban J connectivity index is -0.0000000200. The van der Waals surface area contributed by atoms with Gasteiger partial charge in [0.2, 0.25) is 0 Å². The Morgan fingerprint density at radius 1 is 1.20 bits per heavy atom. The average Bonchev–Trinajstić information content (AvgIpc) is 0.918. The van der Waals surface area contributed by atoms with Gasteiger partial charge in [-0.1, -0.05) is 0 Å². The number of hydrogen-bond acceptors (Lipinski definition) is 0. The molecule has 0 saturated heterocycles. The van der Waals surface area contributed by atoms with E-state index in [1.54, 1.807) is 0 Å². The van der Waals surface area contributed by atoms with Crippen molar-refractivity contribution in [2.75, 3.05) is 0 Å². The van der Waals surface area contributed by atoms with E-state index in [1.165, 1.54) is 0 Å². The van der Waals surface area contributed by atoms with Crippen molar-refractivity contribution in [3.8, 4) is 0 Å². The van der Waals surface area contributed by atoms with E-state index in [-0.39, 0.29) is 65.6 Å². The molecule has 0 aromatic carbocycles. The fourth-order valence-corrected chi connectivity index (χ4v) is 0. The second kappa shape index (κ2) is 17.0. The predicted molar refractivity (Wildman–Crippen MR) is 22.1 cm³/mol. The van der Waals surface area contributed by atoms with Gasteiger partial charge in [0.15, 0.2) is 0 Å². The van der Waals surface area contributed by atoms with Crippen molar-refractivity contribution in [1.29, 1.82) is 0 Å². The Morgan fingerprint density at radius 3 is 1.20 bits per heavy atom. The molecule has 28 valence electrons. The molecule has 0 N–H and O–H groups in total. The summed E-state index contributed by atoms with van der Waals surface area (Å²) in [7, 11) is 0. The molecule has 0 aromatic rings. The molecule has 0 rings (SSSR count). The first-order valence-corrected chi connectivity index (χ1v) is 1.15. The van der Waals surface area contributed by atoms with E-state index < -0.39 is 0 Å². The topological polar surface area (TPSA) is 0 Å². The van der Waals surface area contributed by atoms with Gasteiger partial charge >= 0.3 is 58.2 Å². The van der Waals surface area contributed by atoms with Crippen LogP contribution in [0.1, 0.15) is 13.8 Å². The first-order valence-electron chi connectivity index (χ1n) is 1.15. The second-order valence-corrected chi connectivity index (χ2v) is 0.577. The van der Waals surface area contributed by atoms with Gasteiger partial charge in [0.05, 0.1) is 0 Å². The molecule has 0 bridgehead atoms. The number of hydrogen-bond donors (Lipinski definition) is 0. The van der Waals surface area contributed by atoms with Crippen LogP contribution in [0, 0.1) is 13.8 Å². The molecule has 0 saturated carbocycles. The maximum Gasteiger partial charge on any atom is 1.00 e. The summed E-state index contributed by atoms with van der Waals surface area (Å²) in [4.78, 5) is 0. The fourth-order valence-electron chi connectivity index (χ4n) is 0. The second-order valence-electron chi connectivity index (χ2n) is 0.577. The van der Waals surface area contributed by atoms with Gasteiger partial charge in [0.1, 0.15) is 0 Å². The Morgan fingerprint density at radius 2 is 1.20 bits per heavy atom. The van der Waals surface area contributed by atoms with Crippen molar-refractivity contribution in [2.45, 2.75) is 13.8 Å². The van der Waals surface area contributed by atoms with Crippen LogP contribution < -0.4 is 58.2 Å². The van der Waals surface area contributed by atoms with Gasteiger partial charge in [-0.25, -0.2) is 0 Å². The molecule has 0 nitrogen and oxygen atoms in total. The van der Waals surface area contributed by atoms with E-state index in [0.29, 0.717) is 0 Å². The van der Waals surface area contributed by atoms with Crippen LogP contribution in [0.5, 0.6) is 0 Å². The van der Waals surface area contributed by atoms with E-state index in [2.05, 4.69) is 0 Å². The maximum atomic E-state index is 2.00. The first kappa shape index (κ1) is 15.8. The molecule has 1 heteroatoms. The van der Waals surface area contributed by atoms with Gasteiger partial charge in [-0.3, -0.25) is 0 Å². The van der Waals surface area contributed by atoms with Gasteiger partial charge in [-0.05, 0) is 0 Å². The summed E-state index contributed by atoms with van der Waals surface area (Å²) in [5.41, 5.74) is 0. The summed E-state index contributed by atoms with van der Waals surface area (Å²) in [6, 6.07) is 0. The van der Waals surface area contributed by atoms with Crippen molar-refractivity contribution in [2.24, 2.45) is 0 Å². The molecule has 0 heterocycles. The molecule has 0 aliphatic carbocycles. The first-order chi connectivity index (χ1) is 1.41. The van der Waals surface area contributed by atoms with Crippen LogP contribution in [0.2, 0.25) is 0 Å². The maximum absolute atomic E-state index is 2.00. The molecule has 0 spiro atoms. The van der Waals surface area contributed by atoms with Crippen LogP contribution in [0.4, 0.5) is 0 Å². The molecule has 0 amide bonds. The summed E-state index contributed by atoms with van der Waals surface area (Å²) in [5, 5.41) is 0. The molecule has 0 radical (unpaired) electrons. The van der Waals surface area contributed by atoms with Crippen LogP contribution in [0.25, 0.3) is 0 Å². The molecule has 0 aromatic heterocycles. The Kier molecular flexibility index (Phi) is 54.0. The zero-order chi connectivity index (χ0) is 2.71. The SMILES string of the molecule is C[CH-]C.[CH3-].[Rb+]. The standard InChI is InChI=1S/C3H7.CH3.Rb/c1-3-2;;/h3H,1-2H3;1H3;/q2*-1;+1. The molecule has 0 aliphatic heterocycles. The smallest absolute Gasteiger partial charge is 0.358 e. The summed E-state index contributed by atoms with van der Waals surface area (Å²) < 4.78 is 0. The van der Waals surface area contributed by atoms with Crippen molar-refractivity contribution in [3.05, 3.63) is 13.8 Å². The number of rotatable bonds is 0. The van der Waals surface area contributed by atoms with Crippen LogP contribution in [-0.2, 0) is 0 Å². The third-order valence-electron chi connectivity index (χ3n) is 0. The molecular formula is C4H10Rb-. The van der Waals surface area contributed by atoms with Gasteiger partial charge in [-0.2, -0.15) is 13.8 Å². The van der Waals surface area contributed by atoms with Gasteiger partial charge in [0, 0.05) is 0 Å². The molecule has 0 unspecified atom stereocenters. The minimum atomic E-state index is 0. The van der Waals surface area contributed by atoms with Gasteiger partial charge in [-0.15, -0.1) is 0 Å². The summed E-state index contributed by atoms with van der Waals surface area (Å²) in [5.74, 6) is 0.